The molecule has 2 atom stereocenters. The molecule has 0 saturated carbocycles. The molecule has 40 heavy (non-hydrogen) atoms. The first kappa shape index (κ1) is 28.7. The molecule has 2 aromatic heterocycles. The van der Waals surface area contributed by atoms with Gasteiger partial charge in [0.15, 0.2) is 12.5 Å². The number of likely N-dealkylation sites (N-methyl/N-ethyl adjacent to an activating group) is 2. The van der Waals surface area contributed by atoms with Gasteiger partial charge in [0, 0.05) is 71.3 Å². The van der Waals surface area contributed by atoms with E-state index < -0.39 is 24.4 Å². The van der Waals surface area contributed by atoms with Gasteiger partial charge in [-0.15, -0.1) is 0 Å². The van der Waals surface area contributed by atoms with Crippen LogP contribution in [0.2, 0.25) is 0 Å². The van der Waals surface area contributed by atoms with Crippen molar-refractivity contribution in [3.63, 3.8) is 0 Å². The van der Waals surface area contributed by atoms with Crippen molar-refractivity contribution in [3.8, 4) is 11.5 Å². The fourth-order valence-corrected chi connectivity index (χ4v) is 4.44. The lowest BCUT2D eigenvalue weighted by Gasteiger charge is -2.24. The van der Waals surface area contributed by atoms with Crippen molar-refractivity contribution in [2.45, 2.75) is 25.3 Å². The van der Waals surface area contributed by atoms with Crippen molar-refractivity contribution < 1.29 is 28.5 Å². The Kier molecular flexibility index (Phi) is 9.13. The maximum Gasteiger partial charge on any atom is 0.332 e. The first-order chi connectivity index (χ1) is 19.2. The molecule has 0 aliphatic rings. The summed E-state index contributed by atoms with van der Waals surface area (Å²) in [6.45, 7) is 0. The third kappa shape index (κ3) is 6.83. The van der Waals surface area contributed by atoms with Crippen LogP contribution in [0.15, 0.2) is 60.9 Å². The van der Waals surface area contributed by atoms with Gasteiger partial charge in [-0.1, -0.05) is 0 Å². The van der Waals surface area contributed by atoms with Gasteiger partial charge in [-0.3, -0.25) is 9.80 Å². The molecule has 0 spiro atoms. The fourth-order valence-electron chi connectivity index (χ4n) is 4.44. The lowest BCUT2D eigenvalue weighted by molar-refractivity contribution is -0.153. The van der Waals surface area contributed by atoms with Gasteiger partial charge < -0.3 is 28.9 Å². The third-order valence-corrected chi connectivity index (χ3v) is 6.75. The number of carbonyl (C=O) groups excluding carboxylic acids is 2. The Morgan fingerprint density at radius 1 is 0.725 bits per heavy atom. The van der Waals surface area contributed by atoms with E-state index >= 15 is 0 Å². The lowest BCUT2D eigenvalue weighted by atomic mass is 10.1. The highest BCUT2D eigenvalue weighted by atomic mass is 16.6. The maximum atomic E-state index is 12.6. The van der Waals surface area contributed by atoms with E-state index in [0.717, 1.165) is 56.6 Å². The number of rotatable bonds is 12. The molecule has 0 saturated heterocycles. The number of nitrogens with one attached hydrogen (secondary N) is 2. The summed E-state index contributed by atoms with van der Waals surface area (Å²) in [6.07, 6.45) is 5.84. The Morgan fingerprint density at radius 2 is 1.12 bits per heavy atom. The lowest BCUT2D eigenvalue weighted by Crippen LogP contribution is -2.35. The molecular formula is C30H36N4O6. The summed E-state index contributed by atoms with van der Waals surface area (Å²) in [5.74, 6) is 0.243. The van der Waals surface area contributed by atoms with Crippen LogP contribution in [0, 0.1) is 0 Å². The number of benzene rings is 2. The zero-order valence-corrected chi connectivity index (χ0v) is 23.7. The normalized spacial score (nSPS) is 13.3. The number of hydrogen-bond donors (Lipinski definition) is 2. The molecule has 10 nitrogen and oxygen atoms in total. The van der Waals surface area contributed by atoms with E-state index in [4.69, 9.17) is 18.9 Å². The van der Waals surface area contributed by atoms with Gasteiger partial charge in [0.2, 0.25) is 0 Å². The SMILES string of the molecule is COc1ccc2c(CC(OC(=O)/C=C/C(=O)OC(Cc3c[nH]c4cc(OC)ccc34)N(C)C)N(C)C)c[nH]c2c1. The van der Waals surface area contributed by atoms with Crippen LogP contribution >= 0.6 is 0 Å². The van der Waals surface area contributed by atoms with Gasteiger partial charge in [0.05, 0.1) is 14.2 Å². The summed E-state index contributed by atoms with van der Waals surface area (Å²) in [4.78, 5) is 35.3. The van der Waals surface area contributed by atoms with Gasteiger partial charge in [0.1, 0.15) is 11.5 Å². The molecule has 2 unspecified atom stereocenters. The van der Waals surface area contributed by atoms with Crippen molar-refractivity contribution in [3.05, 3.63) is 72.1 Å². The molecule has 4 aromatic rings. The Balaban J connectivity index is 1.36. The van der Waals surface area contributed by atoms with Crippen molar-refractivity contribution in [2.24, 2.45) is 0 Å². The van der Waals surface area contributed by atoms with Gasteiger partial charge >= 0.3 is 11.9 Å². The maximum absolute atomic E-state index is 12.6. The van der Waals surface area contributed by atoms with Crippen LogP contribution in [0.1, 0.15) is 11.1 Å². The number of aromatic amines is 2. The molecule has 10 heteroatoms. The van der Waals surface area contributed by atoms with Crippen molar-refractivity contribution in [1.29, 1.82) is 0 Å². The van der Waals surface area contributed by atoms with Gasteiger partial charge in [-0.2, -0.15) is 0 Å². The Morgan fingerprint density at radius 3 is 1.48 bits per heavy atom. The largest absolute Gasteiger partial charge is 0.497 e. The first-order valence-electron chi connectivity index (χ1n) is 12.9. The molecule has 212 valence electrons. The minimum Gasteiger partial charge on any atom is -0.497 e. The molecule has 4 rings (SSSR count). The van der Waals surface area contributed by atoms with E-state index in [-0.39, 0.29) is 0 Å². The number of methoxy groups -OCH3 is 2. The third-order valence-electron chi connectivity index (χ3n) is 6.75. The van der Waals surface area contributed by atoms with Gasteiger partial charge in [0.25, 0.3) is 0 Å². The number of nitrogens with zero attached hydrogens (tertiary/aromatic N) is 2. The molecule has 2 aromatic carbocycles. The Labute approximate surface area is 233 Å². The average Bonchev–Trinajstić information content (AvgIpc) is 3.53. The topological polar surface area (TPSA) is 109 Å². The smallest absolute Gasteiger partial charge is 0.332 e. The number of ether oxygens (including phenoxy) is 4. The minimum atomic E-state index is -0.635. The molecule has 0 aliphatic heterocycles. The average molecular weight is 549 g/mol. The van der Waals surface area contributed by atoms with E-state index in [1.807, 2.05) is 86.8 Å². The number of aromatic nitrogens is 2. The van der Waals surface area contributed by atoms with Crippen LogP contribution in [0.3, 0.4) is 0 Å². The van der Waals surface area contributed by atoms with Crippen molar-refractivity contribution in [2.75, 3.05) is 42.4 Å². The fraction of sp³-hybridized carbons (Fsp3) is 0.333. The highest BCUT2D eigenvalue weighted by Crippen LogP contribution is 2.26. The summed E-state index contributed by atoms with van der Waals surface area (Å²) in [5.41, 5.74) is 3.86. The number of H-pyrrole nitrogens is 2. The standard InChI is InChI=1S/C30H36N4O6/c1-33(2)27(13-19-17-31-25-15-21(37-5)7-9-23(19)25)39-29(35)11-12-30(36)40-28(34(3)4)14-20-18-32-26-16-22(38-6)8-10-24(20)26/h7-12,15-18,27-28,31-32H,13-14H2,1-6H3/b12-11+. The van der Waals surface area contributed by atoms with Crippen LogP contribution in [0.4, 0.5) is 0 Å². The quantitative estimate of drug-likeness (QED) is 0.156. The second kappa shape index (κ2) is 12.7. The summed E-state index contributed by atoms with van der Waals surface area (Å²) in [7, 11) is 10.6. The number of esters is 2. The van der Waals surface area contributed by atoms with Crippen molar-refractivity contribution >= 4 is 33.7 Å². The monoisotopic (exact) mass is 548 g/mol. The Bertz CT molecular complexity index is 1390. The highest BCUT2D eigenvalue weighted by Gasteiger charge is 2.21. The van der Waals surface area contributed by atoms with Crippen LogP contribution in [-0.4, -0.2) is 86.6 Å². The minimum absolute atomic E-state index is 0.461. The molecular weight excluding hydrogens is 512 g/mol. The second-order valence-electron chi connectivity index (χ2n) is 9.90. The van der Waals surface area contributed by atoms with Crippen LogP contribution in [0.25, 0.3) is 21.8 Å². The van der Waals surface area contributed by atoms with Crippen molar-refractivity contribution in [1.82, 2.24) is 19.8 Å². The van der Waals surface area contributed by atoms with Crippen LogP contribution in [-0.2, 0) is 31.9 Å². The van der Waals surface area contributed by atoms with E-state index in [0.29, 0.717) is 12.8 Å². The summed E-state index contributed by atoms with van der Waals surface area (Å²) in [6, 6.07) is 11.6. The van der Waals surface area contributed by atoms with E-state index in [1.54, 1.807) is 14.2 Å². The predicted octanol–water partition coefficient (Wildman–Crippen LogP) is 3.87. The summed E-state index contributed by atoms with van der Waals surface area (Å²) in [5, 5.41) is 2.04. The predicted molar refractivity (Wildman–Crippen MR) is 153 cm³/mol. The van der Waals surface area contributed by atoms with E-state index in [2.05, 4.69) is 9.97 Å². The molecule has 0 aliphatic carbocycles. The molecule has 0 radical (unpaired) electrons. The molecule has 0 bridgehead atoms. The molecule has 2 N–H and O–H groups in total. The van der Waals surface area contributed by atoms with Crippen LogP contribution in [0.5, 0.6) is 11.5 Å². The van der Waals surface area contributed by atoms with Crippen LogP contribution < -0.4 is 9.47 Å². The summed E-state index contributed by atoms with van der Waals surface area (Å²) >= 11 is 0. The number of carbonyl (C=O) groups is 2. The summed E-state index contributed by atoms with van der Waals surface area (Å²) < 4.78 is 21.9. The molecule has 0 fully saturated rings. The second-order valence-corrected chi connectivity index (χ2v) is 9.90. The van der Waals surface area contributed by atoms with Gasteiger partial charge in [-0.25, -0.2) is 9.59 Å². The number of hydrogen-bond acceptors (Lipinski definition) is 8. The molecule has 2 heterocycles. The zero-order valence-electron chi connectivity index (χ0n) is 23.7. The van der Waals surface area contributed by atoms with E-state index in [9.17, 15) is 9.59 Å². The zero-order chi connectivity index (χ0) is 28.8. The molecule has 0 amide bonds. The van der Waals surface area contributed by atoms with E-state index in [1.165, 1.54) is 0 Å². The first-order valence-corrected chi connectivity index (χ1v) is 12.9. The Hall–Kier alpha value is -4.28. The number of fused-ring (bicyclic) bond motifs is 2. The highest BCUT2D eigenvalue weighted by molar-refractivity contribution is 5.92. The van der Waals surface area contributed by atoms with Gasteiger partial charge in [-0.05, 0) is 63.6 Å².